The van der Waals surface area contributed by atoms with Gasteiger partial charge in [-0.2, -0.15) is 4.98 Å². The first-order chi connectivity index (χ1) is 12.2. The number of rotatable bonds is 2. The van der Waals surface area contributed by atoms with E-state index in [1.54, 1.807) is 18.2 Å². The monoisotopic (exact) mass is 327 g/mol. The van der Waals surface area contributed by atoms with E-state index in [1.165, 1.54) is 0 Å². The highest BCUT2D eigenvalue weighted by atomic mass is 16.4. The lowest BCUT2D eigenvalue weighted by Gasteiger charge is -2.03. The minimum Gasteiger partial charge on any atom is -0.435 e. The average molecular weight is 327 g/mol. The molecule has 0 unspecified atom stereocenters. The van der Waals surface area contributed by atoms with Crippen LogP contribution in [0, 0.1) is 12.3 Å². The summed E-state index contributed by atoms with van der Waals surface area (Å²) in [5.41, 5.74) is 0.631. The normalized spacial score (nSPS) is 11.4. The van der Waals surface area contributed by atoms with Gasteiger partial charge in [0.2, 0.25) is 5.89 Å². The minimum absolute atomic E-state index is 0.157. The van der Waals surface area contributed by atoms with Gasteiger partial charge in [0.1, 0.15) is 11.1 Å². The molecular weight excluding hydrogens is 314 g/mol. The number of fused-ring (bicyclic) bond motifs is 3. The van der Waals surface area contributed by atoms with E-state index in [-0.39, 0.29) is 11.5 Å². The summed E-state index contributed by atoms with van der Waals surface area (Å²) in [4.78, 5) is 16.7. The standard InChI is InChI=1S/C21H13NO3/c1-3-7-18-17(4-2)22-20(24-18)16-12-14-11-10-13-8-5-6-9-15(13)19(14)25-21(16)23/h2-3,5-12H,1H3/b7-3-. The predicted octanol–water partition coefficient (Wildman–Crippen LogP) is 4.62. The maximum Gasteiger partial charge on any atom is 0.349 e. The fourth-order valence-corrected chi connectivity index (χ4v) is 2.81. The quantitative estimate of drug-likeness (QED) is 0.306. The van der Waals surface area contributed by atoms with Crippen molar-refractivity contribution in [3.63, 3.8) is 0 Å². The molecule has 0 radical (unpaired) electrons. The van der Waals surface area contributed by atoms with Crippen LogP contribution in [0.3, 0.4) is 0 Å². The molecule has 0 N–H and O–H groups in total. The number of hydrogen-bond acceptors (Lipinski definition) is 4. The van der Waals surface area contributed by atoms with Gasteiger partial charge in [0.25, 0.3) is 0 Å². The highest BCUT2D eigenvalue weighted by molar-refractivity contribution is 6.04. The molecule has 4 heteroatoms. The number of benzene rings is 2. The van der Waals surface area contributed by atoms with Crippen LogP contribution in [0.15, 0.2) is 62.2 Å². The molecule has 0 saturated carbocycles. The second-order valence-corrected chi connectivity index (χ2v) is 5.53. The Bertz CT molecular complexity index is 1240. The summed E-state index contributed by atoms with van der Waals surface area (Å²) in [5.74, 6) is 3.06. The summed E-state index contributed by atoms with van der Waals surface area (Å²) in [6, 6.07) is 13.4. The third-order valence-corrected chi connectivity index (χ3v) is 3.96. The van der Waals surface area contributed by atoms with Crippen LogP contribution in [0.1, 0.15) is 18.4 Å². The van der Waals surface area contributed by atoms with Gasteiger partial charge in [-0.15, -0.1) is 6.42 Å². The number of terminal acetylenes is 1. The first-order valence-electron chi connectivity index (χ1n) is 7.77. The number of hydrogen-bond donors (Lipinski definition) is 0. The molecule has 0 bridgehead atoms. The number of oxazole rings is 1. The average Bonchev–Trinajstić information content (AvgIpc) is 3.04. The fourth-order valence-electron chi connectivity index (χ4n) is 2.81. The van der Waals surface area contributed by atoms with Gasteiger partial charge in [0, 0.05) is 10.8 Å². The van der Waals surface area contributed by atoms with Gasteiger partial charge in [-0.3, -0.25) is 0 Å². The summed E-state index contributed by atoms with van der Waals surface area (Å²) in [6.45, 7) is 1.85. The summed E-state index contributed by atoms with van der Waals surface area (Å²) in [7, 11) is 0. The summed E-state index contributed by atoms with van der Waals surface area (Å²) < 4.78 is 11.2. The van der Waals surface area contributed by atoms with Crippen molar-refractivity contribution in [3.8, 4) is 23.8 Å². The van der Waals surface area contributed by atoms with Crippen molar-refractivity contribution >= 4 is 27.8 Å². The van der Waals surface area contributed by atoms with E-state index in [4.69, 9.17) is 15.3 Å². The van der Waals surface area contributed by atoms with Gasteiger partial charge in [-0.1, -0.05) is 42.5 Å². The van der Waals surface area contributed by atoms with Crippen LogP contribution in [0.5, 0.6) is 0 Å². The van der Waals surface area contributed by atoms with Crippen LogP contribution < -0.4 is 5.63 Å². The molecule has 0 amide bonds. The van der Waals surface area contributed by atoms with E-state index >= 15 is 0 Å². The summed E-state index contributed by atoms with van der Waals surface area (Å²) in [6.07, 6.45) is 8.96. The van der Waals surface area contributed by atoms with E-state index in [2.05, 4.69) is 10.9 Å². The molecule has 0 aliphatic carbocycles. The van der Waals surface area contributed by atoms with Crippen molar-refractivity contribution in [3.05, 3.63) is 70.4 Å². The van der Waals surface area contributed by atoms with E-state index in [0.717, 1.165) is 16.2 Å². The summed E-state index contributed by atoms with van der Waals surface area (Å²) in [5, 5.41) is 2.68. The van der Waals surface area contributed by atoms with Gasteiger partial charge in [0.15, 0.2) is 11.5 Å². The van der Waals surface area contributed by atoms with Gasteiger partial charge in [0.05, 0.1) is 0 Å². The number of allylic oxidation sites excluding steroid dienone is 1. The third kappa shape index (κ3) is 2.43. The van der Waals surface area contributed by atoms with Crippen LogP contribution >= 0.6 is 0 Å². The maximum atomic E-state index is 12.5. The predicted molar refractivity (Wildman–Crippen MR) is 98.1 cm³/mol. The molecule has 0 saturated heterocycles. The Morgan fingerprint density at radius 1 is 1.12 bits per heavy atom. The Hall–Kier alpha value is -3.58. The Balaban J connectivity index is 1.98. The maximum absolute atomic E-state index is 12.5. The molecule has 0 fully saturated rings. The topological polar surface area (TPSA) is 56.2 Å². The van der Waals surface area contributed by atoms with Crippen molar-refractivity contribution in [2.24, 2.45) is 0 Å². The molecule has 2 aromatic carbocycles. The van der Waals surface area contributed by atoms with Crippen molar-refractivity contribution in [2.75, 3.05) is 0 Å². The van der Waals surface area contributed by atoms with E-state index < -0.39 is 5.63 Å². The Kier molecular flexibility index (Phi) is 3.48. The molecule has 120 valence electrons. The molecule has 4 nitrogen and oxygen atoms in total. The molecule has 2 aromatic heterocycles. The van der Waals surface area contributed by atoms with Crippen molar-refractivity contribution in [2.45, 2.75) is 6.92 Å². The lowest BCUT2D eigenvalue weighted by Crippen LogP contribution is -2.03. The van der Waals surface area contributed by atoms with E-state index in [9.17, 15) is 4.79 Å². The molecule has 2 heterocycles. The minimum atomic E-state index is -0.513. The second-order valence-electron chi connectivity index (χ2n) is 5.53. The Labute approximate surface area is 143 Å². The first-order valence-corrected chi connectivity index (χ1v) is 7.77. The zero-order chi connectivity index (χ0) is 17.4. The summed E-state index contributed by atoms with van der Waals surface area (Å²) >= 11 is 0. The van der Waals surface area contributed by atoms with E-state index in [0.29, 0.717) is 17.0 Å². The molecule has 4 aromatic rings. The zero-order valence-electron chi connectivity index (χ0n) is 13.4. The van der Waals surface area contributed by atoms with Crippen LogP contribution in [-0.2, 0) is 0 Å². The molecule has 0 aliphatic heterocycles. The molecular formula is C21H13NO3. The zero-order valence-corrected chi connectivity index (χ0v) is 13.4. The third-order valence-electron chi connectivity index (χ3n) is 3.96. The van der Waals surface area contributed by atoms with Gasteiger partial charge >= 0.3 is 5.63 Å². The van der Waals surface area contributed by atoms with Crippen LogP contribution in [0.2, 0.25) is 0 Å². The Morgan fingerprint density at radius 2 is 1.92 bits per heavy atom. The molecule has 0 atom stereocenters. The highest BCUT2D eigenvalue weighted by Gasteiger charge is 2.17. The van der Waals surface area contributed by atoms with Crippen molar-refractivity contribution in [1.82, 2.24) is 4.98 Å². The van der Waals surface area contributed by atoms with E-state index in [1.807, 2.05) is 43.3 Å². The largest absolute Gasteiger partial charge is 0.435 e. The number of aromatic nitrogens is 1. The molecule has 25 heavy (non-hydrogen) atoms. The van der Waals surface area contributed by atoms with Gasteiger partial charge in [-0.05, 0) is 30.4 Å². The Morgan fingerprint density at radius 3 is 2.72 bits per heavy atom. The lowest BCUT2D eigenvalue weighted by atomic mass is 10.1. The van der Waals surface area contributed by atoms with Crippen LogP contribution in [-0.4, -0.2) is 4.98 Å². The molecule has 0 aliphatic rings. The van der Waals surface area contributed by atoms with Crippen molar-refractivity contribution in [1.29, 1.82) is 0 Å². The van der Waals surface area contributed by atoms with Gasteiger partial charge < -0.3 is 8.83 Å². The molecule has 0 spiro atoms. The lowest BCUT2D eigenvalue weighted by molar-refractivity contribution is 0.540. The fraction of sp³-hybridized carbons (Fsp3) is 0.0476. The molecule has 4 rings (SSSR count). The van der Waals surface area contributed by atoms with Crippen LogP contribution in [0.25, 0.3) is 39.3 Å². The van der Waals surface area contributed by atoms with Gasteiger partial charge in [-0.25, -0.2) is 4.79 Å². The van der Waals surface area contributed by atoms with Crippen molar-refractivity contribution < 1.29 is 8.83 Å². The smallest absolute Gasteiger partial charge is 0.349 e. The SMILES string of the molecule is C#Cc1nc(-c2cc3ccc4ccccc4c3oc2=O)oc1/C=C\C. The first kappa shape index (κ1) is 15.0. The highest BCUT2D eigenvalue weighted by Crippen LogP contribution is 2.28. The van der Waals surface area contributed by atoms with Crippen LogP contribution in [0.4, 0.5) is 0 Å². The second kappa shape index (κ2) is 5.81. The number of nitrogens with zero attached hydrogens (tertiary/aromatic N) is 1.